The minimum Gasteiger partial charge on any atom is -0.504 e. The number of hydrogen-bond acceptors (Lipinski definition) is 13. The number of aliphatic hydroxyl groups is 4. The van der Waals surface area contributed by atoms with E-state index in [0.29, 0.717) is 0 Å². The molecule has 2 fully saturated rings. The molecule has 1 aliphatic carbocycles. The summed E-state index contributed by atoms with van der Waals surface area (Å²) in [5, 5.41) is 72.0. The lowest BCUT2D eigenvalue weighted by molar-refractivity contribution is -0.332. The van der Waals surface area contributed by atoms with Crippen molar-refractivity contribution in [3.05, 3.63) is 17.7 Å². The van der Waals surface area contributed by atoms with Crippen molar-refractivity contribution in [3.63, 3.8) is 0 Å². The normalized spacial score (nSPS) is 33.7. The SMILES string of the molecule is CC(C)C[C@]1(O)C(=O)C(C)(C)C(=O)C(C)(C)[C@@H]1OC1O[C@H](COC(=O)c2cc(O)c(O)c(O)c2)[C@@H](O)[C@H](O)[C@H]1O. The summed E-state index contributed by atoms with van der Waals surface area (Å²) >= 11 is 0. The largest absolute Gasteiger partial charge is 0.504 e. The van der Waals surface area contributed by atoms with E-state index in [0.717, 1.165) is 12.1 Å². The predicted molar refractivity (Wildman–Crippen MR) is 135 cm³/mol. The van der Waals surface area contributed by atoms with E-state index in [1.807, 2.05) is 0 Å². The van der Waals surface area contributed by atoms with Gasteiger partial charge in [0.25, 0.3) is 0 Å². The molecule has 7 N–H and O–H groups in total. The molecule has 1 aliphatic heterocycles. The molecule has 0 aromatic heterocycles. The Labute approximate surface area is 230 Å². The number of carbonyl (C=O) groups excluding carboxylic acids is 3. The van der Waals surface area contributed by atoms with E-state index >= 15 is 0 Å². The highest BCUT2D eigenvalue weighted by molar-refractivity contribution is 6.14. The quantitative estimate of drug-likeness (QED) is 0.132. The number of rotatable bonds is 7. The molecule has 1 aromatic carbocycles. The van der Waals surface area contributed by atoms with Gasteiger partial charge < -0.3 is 50.0 Å². The average molecular weight is 571 g/mol. The summed E-state index contributed by atoms with van der Waals surface area (Å²) in [5.41, 5.74) is -5.53. The molecule has 1 aromatic rings. The second-order valence-electron chi connectivity index (χ2n) is 12.0. The second-order valence-corrected chi connectivity index (χ2v) is 12.0. The van der Waals surface area contributed by atoms with Crippen LogP contribution in [0.5, 0.6) is 17.2 Å². The van der Waals surface area contributed by atoms with Gasteiger partial charge in [0, 0.05) is 0 Å². The Morgan fingerprint density at radius 2 is 1.50 bits per heavy atom. The van der Waals surface area contributed by atoms with E-state index in [1.165, 1.54) is 27.7 Å². The van der Waals surface area contributed by atoms with E-state index in [4.69, 9.17) is 14.2 Å². The number of carbonyl (C=O) groups is 3. The van der Waals surface area contributed by atoms with Gasteiger partial charge in [0.05, 0.1) is 16.4 Å². The number of esters is 1. The van der Waals surface area contributed by atoms with Crippen LogP contribution >= 0.6 is 0 Å². The first-order valence-electron chi connectivity index (χ1n) is 12.9. The van der Waals surface area contributed by atoms with E-state index in [1.54, 1.807) is 13.8 Å². The number of hydrogen-bond donors (Lipinski definition) is 7. The standard InChI is InChI=1S/C27H38O13/c1-11(2)9-27(37)23(36)25(3,4)22(35)26(5,6)24(27)40-21-19(33)18(32)17(31)15(39-21)10-38-20(34)12-7-13(28)16(30)14(29)8-12/h7-8,11,15,17-19,21,24,28-33,37H,9-10H2,1-6H3/t15-,17-,18+,19-,21?,24+,27+/m1/s1. The van der Waals surface area contributed by atoms with Gasteiger partial charge in [-0.15, -0.1) is 0 Å². The highest BCUT2D eigenvalue weighted by Crippen LogP contribution is 2.49. The van der Waals surface area contributed by atoms with Crippen LogP contribution in [0.2, 0.25) is 0 Å². The molecule has 1 saturated carbocycles. The van der Waals surface area contributed by atoms with Crippen molar-refractivity contribution >= 4 is 17.5 Å². The Bertz CT molecular complexity index is 1140. The minimum absolute atomic E-state index is 0.0853. The molecule has 2 aliphatic rings. The van der Waals surface area contributed by atoms with Crippen molar-refractivity contribution in [2.75, 3.05) is 6.61 Å². The summed E-state index contributed by atoms with van der Waals surface area (Å²) in [5.74, 6) is -5.01. The first-order valence-corrected chi connectivity index (χ1v) is 12.9. The fourth-order valence-corrected chi connectivity index (χ4v) is 5.65. The molecular formula is C27H38O13. The Balaban J connectivity index is 1.87. The highest BCUT2D eigenvalue weighted by atomic mass is 16.7. The molecule has 1 saturated heterocycles. The number of ketones is 2. The van der Waals surface area contributed by atoms with Crippen LogP contribution in [0.15, 0.2) is 12.1 Å². The van der Waals surface area contributed by atoms with Crippen LogP contribution in [0.4, 0.5) is 0 Å². The van der Waals surface area contributed by atoms with Crippen molar-refractivity contribution in [2.24, 2.45) is 16.7 Å². The van der Waals surface area contributed by atoms with Crippen molar-refractivity contribution in [2.45, 2.75) is 90.4 Å². The summed E-state index contributed by atoms with van der Waals surface area (Å²) in [4.78, 5) is 39.2. The third kappa shape index (κ3) is 5.41. The summed E-state index contributed by atoms with van der Waals surface area (Å²) in [6.07, 6.45) is -10.4. The number of ether oxygens (including phenoxy) is 3. The molecule has 0 amide bonds. The summed E-state index contributed by atoms with van der Waals surface area (Å²) in [7, 11) is 0. The summed E-state index contributed by atoms with van der Waals surface area (Å²) in [6.45, 7) is 8.65. The Morgan fingerprint density at radius 3 is 2.02 bits per heavy atom. The molecule has 1 heterocycles. The van der Waals surface area contributed by atoms with Gasteiger partial charge >= 0.3 is 5.97 Å². The fourth-order valence-electron chi connectivity index (χ4n) is 5.65. The summed E-state index contributed by atoms with van der Waals surface area (Å²) < 4.78 is 16.6. The van der Waals surface area contributed by atoms with Crippen LogP contribution in [-0.4, -0.2) is 102 Å². The highest BCUT2D eigenvalue weighted by Gasteiger charge is 2.67. The maximum atomic E-state index is 13.4. The Kier molecular flexibility index (Phi) is 8.62. The van der Waals surface area contributed by atoms with Crippen molar-refractivity contribution < 1.29 is 64.3 Å². The Morgan fingerprint density at radius 1 is 0.950 bits per heavy atom. The molecule has 0 bridgehead atoms. The zero-order chi connectivity index (χ0) is 30.5. The molecule has 0 spiro atoms. The topological polar surface area (TPSA) is 221 Å². The van der Waals surface area contributed by atoms with Crippen LogP contribution in [0, 0.1) is 16.7 Å². The van der Waals surface area contributed by atoms with Crippen molar-refractivity contribution in [1.29, 1.82) is 0 Å². The monoisotopic (exact) mass is 570 g/mol. The lowest BCUT2D eigenvalue weighted by Gasteiger charge is -2.54. The van der Waals surface area contributed by atoms with E-state index in [9.17, 15) is 50.1 Å². The van der Waals surface area contributed by atoms with Gasteiger partial charge in [-0.1, -0.05) is 27.7 Å². The van der Waals surface area contributed by atoms with Crippen LogP contribution in [0.25, 0.3) is 0 Å². The van der Waals surface area contributed by atoms with Crippen LogP contribution < -0.4 is 0 Å². The molecule has 1 unspecified atom stereocenters. The van der Waals surface area contributed by atoms with Gasteiger partial charge in [0.15, 0.2) is 40.7 Å². The maximum absolute atomic E-state index is 13.4. The summed E-state index contributed by atoms with van der Waals surface area (Å²) in [6, 6.07) is 1.66. The van der Waals surface area contributed by atoms with Gasteiger partial charge in [-0.3, -0.25) is 9.59 Å². The minimum atomic E-state index is -2.18. The first kappa shape index (κ1) is 31.7. The van der Waals surface area contributed by atoms with Gasteiger partial charge in [-0.05, 0) is 38.3 Å². The van der Waals surface area contributed by atoms with Crippen LogP contribution in [0.1, 0.15) is 58.3 Å². The molecule has 0 radical (unpaired) electrons. The first-order chi connectivity index (χ1) is 18.3. The molecule has 13 nitrogen and oxygen atoms in total. The number of benzene rings is 1. The number of phenols is 3. The maximum Gasteiger partial charge on any atom is 0.338 e. The average Bonchev–Trinajstić information content (AvgIpc) is 2.86. The number of Topliss-reactive ketones (excluding diaryl/α,β-unsaturated/α-hetero) is 2. The van der Waals surface area contributed by atoms with Crippen molar-refractivity contribution in [1.82, 2.24) is 0 Å². The van der Waals surface area contributed by atoms with E-state index < -0.39 is 94.6 Å². The number of aromatic hydroxyl groups is 3. The molecule has 40 heavy (non-hydrogen) atoms. The van der Waals surface area contributed by atoms with Crippen LogP contribution in [0.3, 0.4) is 0 Å². The van der Waals surface area contributed by atoms with Gasteiger partial charge in [0.2, 0.25) is 0 Å². The molecule has 3 rings (SSSR count). The fraction of sp³-hybridized carbons (Fsp3) is 0.667. The number of phenolic OH excluding ortho intramolecular Hbond substituents is 3. The molecule has 224 valence electrons. The van der Waals surface area contributed by atoms with E-state index in [2.05, 4.69) is 0 Å². The third-order valence-corrected chi connectivity index (χ3v) is 7.55. The lowest BCUT2D eigenvalue weighted by atomic mass is 9.54. The smallest absolute Gasteiger partial charge is 0.338 e. The molecular weight excluding hydrogens is 532 g/mol. The van der Waals surface area contributed by atoms with E-state index in [-0.39, 0.29) is 17.9 Å². The van der Waals surface area contributed by atoms with Crippen molar-refractivity contribution in [3.8, 4) is 17.2 Å². The zero-order valence-corrected chi connectivity index (χ0v) is 23.2. The van der Waals surface area contributed by atoms with Gasteiger partial charge in [-0.2, -0.15) is 0 Å². The number of aliphatic hydroxyl groups excluding tert-OH is 3. The van der Waals surface area contributed by atoms with Gasteiger partial charge in [0.1, 0.15) is 37.1 Å². The molecule has 7 atom stereocenters. The second kappa shape index (κ2) is 10.9. The molecule has 13 heteroatoms. The third-order valence-electron chi connectivity index (χ3n) is 7.55. The zero-order valence-electron chi connectivity index (χ0n) is 23.2. The lowest BCUT2D eigenvalue weighted by Crippen LogP contribution is -2.72. The Hall–Kier alpha value is -2.81. The predicted octanol–water partition coefficient (Wildman–Crippen LogP) is 0.134. The van der Waals surface area contributed by atoms with Gasteiger partial charge in [-0.25, -0.2) is 4.79 Å². The van der Waals surface area contributed by atoms with Crippen LogP contribution in [-0.2, 0) is 23.8 Å².